The van der Waals surface area contributed by atoms with Crippen LogP contribution in [0, 0.1) is 0 Å². The topological polar surface area (TPSA) is 55.1 Å². The van der Waals surface area contributed by atoms with E-state index in [0.29, 0.717) is 5.25 Å². The van der Waals surface area contributed by atoms with Crippen LogP contribution < -0.4 is 11.1 Å². The van der Waals surface area contributed by atoms with Crippen molar-refractivity contribution in [2.45, 2.75) is 57.9 Å². The fourth-order valence-corrected chi connectivity index (χ4v) is 2.40. The van der Waals surface area contributed by atoms with Crippen LogP contribution in [0.5, 0.6) is 0 Å². The minimum absolute atomic E-state index is 0.263. The van der Waals surface area contributed by atoms with Crippen molar-refractivity contribution in [3.63, 3.8) is 0 Å². The van der Waals surface area contributed by atoms with Crippen LogP contribution >= 0.6 is 11.8 Å². The summed E-state index contributed by atoms with van der Waals surface area (Å²) in [4.78, 5) is 11.4. The molecule has 0 aliphatic heterocycles. The number of thioether (sulfide) groups is 1. The lowest BCUT2D eigenvalue weighted by Crippen LogP contribution is -2.55. The van der Waals surface area contributed by atoms with E-state index in [9.17, 15) is 4.79 Å². The predicted octanol–water partition coefficient (Wildman–Crippen LogP) is 1.76. The second kappa shape index (κ2) is 6.38. The predicted molar refractivity (Wildman–Crippen MR) is 68.1 cm³/mol. The van der Waals surface area contributed by atoms with E-state index in [4.69, 9.17) is 5.73 Å². The zero-order chi connectivity index (χ0) is 12.1. The molecule has 0 aromatic rings. The van der Waals surface area contributed by atoms with Crippen molar-refractivity contribution in [3.05, 3.63) is 0 Å². The van der Waals surface area contributed by atoms with Gasteiger partial charge >= 0.3 is 0 Å². The summed E-state index contributed by atoms with van der Waals surface area (Å²) in [5.41, 5.74) is 4.85. The lowest BCUT2D eigenvalue weighted by molar-refractivity contribution is -0.124. The number of primary amides is 1. The van der Waals surface area contributed by atoms with Crippen molar-refractivity contribution in [2.75, 3.05) is 5.75 Å². The first-order chi connectivity index (χ1) is 6.78. The number of carbonyl (C=O) groups is 1. The zero-order valence-corrected chi connectivity index (χ0v) is 11.3. The molecule has 4 heteroatoms. The molecular weight excluding hydrogens is 208 g/mol. The highest BCUT2D eigenvalue weighted by Gasteiger charge is 2.30. The summed E-state index contributed by atoms with van der Waals surface area (Å²) in [5.74, 6) is 0.692. The monoisotopic (exact) mass is 232 g/mol. The molecule has 0 saturated carbocycles. The normalized spacial score (nSPS) is 15.7. The number of rotatable bonds is 7. The van der Waals surface area contributed by atoms with Crippen LogP contribution in [-0.2, 0) is 4.79 Å². The number of nitrogens with two attached hydrogens (primary N) is 1. The maximum Gasteiger partial charge on any atom is 0.237 e. The van der Waals surface area contributed by atoms with E-state index < -0.39 is 5.54 Å². The molecule has 0 radical (unpaired) electrons. The van der Waals surface area contributed by atoms with Gasteiger partial charge in [-0.05, 0) is 38.2 Å². The lowest BCUT2D eigenvalue weighted by Gasteiger charge is -2.30. The van der Waals surface area contributed by atoms with Gasteiger partial charge in [-0.25, -0.2) is 0 Å². The average molecular weight is 232 g/mol. The summed E-state index contributed by atoms with van der Waals surface area (Å²) in [6.07, 6.45) is 0.781. The van der Waals surface area contributed by atoms with Gasteiger partial charge < -0.3 is 11.1 Å². The minimum Gasteiger partial charge on any atom is -0.368 e. The molecule has 0 fully saturated rings. The molecule has 0 bridgehead atoms. The van der Waals surface area contributed by atoms with E-state index in [1.807, 2.05) is 32.5 Å². The summed E-state index contributed by atoms with van der Waals surface area (Å²) in [7, 11) is 0. The molecule has 0 spiro atoms. The van der Waals surface area contributed by atoms with Crippen molar-refractivity contribution in [1.29, 1.82) is 0 Å². The molecule has 0 heterocycles. The van der Waals surface area contributed by atoms with Crippen LogP contribution in [0.4, 0.5) is 0 Å². The number of hydrogen-bond acceptors (Lipinski definition) is 3. The average Bonchev–Trinajstić information content (AvgIpc) is 2.01. The Morgan fingerprint density at radius 1 is 1.40 bits per heavy atom. The fourth-order valence-electron chi connectivity index (χ4n) is 1.40. The highest BCUT2D eigenvalue weighted by molar-refractivity contribution is 7.99. The van der Waals surface area contributed by atoms with E-state index in [1.165, 1.54) is 0 Å². The molecule has 1 unspecified atom stereocenters. The van der Waals surface area contributed by atoms with Crippen LogP contribution in [-0.4, -0.2) is 28.5 Å². The van der Waals surface area contributed by atoms with Gasteiger partial charge in [-0.2, -0.15) is 11.8 Å². The molecule has 0 aliphatic carbocycles. The van der Waals surface area contributed by atoms with Gasteiger partial charge in [0.25, 0.3) is 0 Å². The van der Waals surface area contributed by atoms with Gasteiger partial charge in [0, 0.05) is 6.04 Å². The summed E-state index contributed by atoms with van der Waals surface area (Å²) in [5, 5.41) is 3.84. The largest absolute Gasteiger partial charge is 0.368 e. The number of carbonyl (C=O) groups excluding carboxylic acids is 1. The number of amides is 1. The molecule has 0 aromatic carbocycles. The Balaban J connectivity index is 4.20. The van der Waals surface area contributed by atoms with Crippen molar-refractivity contribution >= 4 is 17.7 Å². The molecule has 0 rings (SSSR count). The molecular formula is C11H24N2OS. The Kier molecular flexibility index (Phi) is 6.29. The van der Waals surface area contributed by atoms with Crippen LogP contribution in [0.25, 0.3) is 0 Å². The molecule has 0 saturated heterocycles. The fraction of sp³-hybridized carbons (Fsp3) is 0.909. The standard InChI is InChI=1S/C11H24N2OS/c1-8(2)13-11(5,10(12)14)6-7-15-9(3)4/h8-9,13H,6-7H2,1-5H3,(H2,12,14). The first kappa shape index (κ1) is 14.8. The number of hydrogen-bond donors (Lipinski definition) is 2. The van der Waals surface area contributed by atoms with Crippen LogP contribution in [0.2, 0.25) is 0 Å². The van der Waals surface area contributed by atoms with Gasteiger partial charge in [-0.15, -0.1) is 0 Å². The molecule has 90 valence electrons. The molecule has 3 nitrogen and oxygen atoms in total. The summed E-state index contributed by atoms with van der Waals surface area (Å²) in [6.45, 7) is 10.2. The zero-order valence-electron chi connectivity index (χ0n) is 10.5. The summed E-state index contributed by atoms with van der Waals surface area (Å²) >= 11 is 1.85. The van der Waals surface area contributed by atoms with Crippen LogP contribution in [0.15, 0.2) is 0 Å². The quantitative estimate of drug-likeness (QED) is 0.703. The van der Waals surface area contributed by atoms with Gasteiger partial charge in [-0.1, -0.05) is 13.8 Å². The van der Waals surface area contributed by atoms with Crippen molar-refractivity contribution < 1.29 is 4.79 Å². The third kappa shape index (κ3) is 6.05. The first-order valence-corrected chi connectivity index (χ1v) is 6.52. The van der Waals surface area contributed by atoms with E-state index in [0.717, 1.165) is 12.2 Å². The Morgan fingerprint density at radius 2 is 1.93 bits per heavy atom. The van der Waals surface area contributed by atoms with E-state index in [-0.39, 0.29) is 11.9 Å². The smallest absolute Gasteiger partial charge is 0.237 e. The Labute approximate surface area is 97.6 Å². The second-order valence-electron chi connectivity index (χ2n) is 4.66. The molecule has 15 heavy (non-hydrogen) atoms. The SMILES string of the molecule is CC(C)NC(C)(CCSC(C)C)C(N)=O. The Hall–Kier alpha value is -0.220. The van der Waals surface area contributed by atoms with Gasteiger partial charge in [0.05, 0.1) is 5.54 Å². The van der Waals surface area contributed by atoms with Crippen molar-refractivity contribution in [3.8, 4) is 0 Å². The van der Waals surface area contributed by atoms with Gasteiger partial charge in [0.1, 0.15) is 0 Å². The number of nitrogens with one attached hydrogen (secondary N) is 1. The molecule has 0 aliphatic rings. The highest BCUT2D eigenvalue weighted by Crippen LogP contribution is 2.17. The van der Waals surface area contributed by atoms with Crippen LogP contribution in [0.1, 0.15) is 41.0 Å². The van der Waals surface area contributed by atoms with Crippen molar-refractivity contribution in [1.82, 2.24) is 5.32 Å². The summed E-state index contributed by atoms with van der Waals surface area (Å²) in [6, 6.07) is 0.270. The Morgan fingerprint density at radius 3 is 2.27 bits per heavy atom. The second-order valence-corrected chi connectivity index (χ2v) is 6.35. The highest BCUT2D eigenvalue weighted by atomic mass is 32.2. The van der Waals surface area contributed by atoms with Gasteiger partial charge in [-0.3, -0.25) is 4.79 Å². The first-order valence-electron chi connectivity index (χ1n) is 5.47. The van der Waals surface area contributed by atoms with Gasteiger partial charge in [0.2, 0.25) is 5.91 Å². The maximum absolute atomic E-state index is 11.4. The third-order valence-electron chi connectivity index (χ3n) is 2.20. The third-order valence-corrected chi connectivity index (χ3v) is 3.31. The molecule has 3 N–H and O–H groups in total. The Bertz CT molecular complexity index is 207. The van der Waals surface area contributed by atoms with Gasteiger partial charge in [0.15, 0.2) is 0 Å². The molecule has 1 amide bonds. The van der Waals surface area contributed by atoms with E-state index in [1.54, 1.807) is 0 Å². The van der Waals surface area contributed by atoms with E-state index >= 15 is 0 Å². The molecule has 0 aromatic heterocycles. The maximum atomic E-state index is 11.4. The van der Waals surface area contributed by atoms with Crippen molar-refractivity contribution in [2.24, 2.45) is 5.73 Å². The van der Waals surface area contributed by atoms with E-state index in [2.05, 4.69) is 19.2 Å². The van der Waals surface area contributed by atoms with Crippen LogP contribution in [0.3, 0.4) is 0 Å². The molecule has 1 atom stereocenters. The lowest BCUT2D eigenvalue weighted by atomic mass is 9.97. The minimum atomic E-state index is -0.573. The summed E-state index contributed by atoms with van der Waals surface area (Å²) < 4.78 is 0.